The van der Waals surface area contributed by atoms with Gasteiger partial charge >= 0.3 is 0 Å². The number of carbonyl (C=O) groups is 1. The Labute approximate surface area is 157 Å². The van der Waals surface area contributed by atoms with Crippen LogP contribution in [0, 0.1) is 27.7 Å². The van der Waals surface area contributed by atoms with Crippen LogP contribution in [-0.2, 0) is 11.2 Å². The molecule has 1 aromatic carbocycles. The Hall–Kier alpha value is -2.41. The standard InChI is InChI=1S/C19H23N5OS/c1-11-8-12(2)10-15(9-11)21-17(25)7-6-16-13(3)20-18-22-19(26-5)23-24(18)14(16)4/h8-10H,6-7H2,1-5H3,(H,21,25). The first kappa shape index (κ1) is 18.4. The van der Waals surface area contributed by atoms with Crippen LogP contribution in [0.1, 0.15) is 34.5 Å². The normalized spacial score (nSPS) is 11.1. The number of hydrogen-bond acceptors (Lipinski definition) is 5. The van der Waals surface area contributed by atoms with E-state index in [1.807, 2.05) is 46.1 Å². The molecule has 26 heavy (non-hydrogen) atoms. The topological polar surface area (TPSA) is 72.2 Å². The van der Waals surface area contributed by atoms with E-state index in [9.17, 15) is 4.79 Å². The van der Waals surface area contributed by atoms with Crippen LogP contribution >= 0.6 is 11.8 Å². The number of carbonyl (C=O) groups excluding carboxylic acids is 1. The van der Waals surface area contributed by atoms with Crippen molar-refractivity contribution in [2.24, 2.45) is 0 Å². The molecule has 0 atom stereocenters. The van der Waals surface area contributed by atoms with Crippen LogP contribution in [-0.4, -0.2) is 31.7 Å². The van der Waals surface area contributed by atoms with Gasteiger partial charge in [-0.15, -0.1) is 5.10 Å². The molecular formula is C19H23N5OS. The molecule has 0 saturated carbocycles. The van der Waals surface area contributed by atoms with Gasteiger partial charge in [-0.25, -0.2) is 9.50 Å². The Kier molecular flexibility index (Phi) is 5.27. The summed E-state index contributed by atoms with van der Waals surface area (Å²) in [5.41, 5.74) is 6.05. The Morgan fingerprint density at radius 1 is 1.12 bits per heavy atom. The van der Waals surface area contributed by atoms with Crippen molar-refractivity contribution >= 4 is 29.1 Å². The SMILES string of the molecule is CSc1nc2nc(C)c(CCC(=O)Nc3cc(C)cc(C)c3)c(C)n2n1. The lowest BCUT2D eigenvalue weighted by Gasteiger charge is -2.11. The second kappa shape index (κ2) is 7.45. The lowest BCUT2D eigenvalue weighted by molar-refractivity contribution is -0.116. The van der Waals surface area contributed by atoms with Gasteiger partial charge in [0.2, 0.25) is 11.1 Å². The molecule has 0 aliphatic heterocycles. The summed E-state index contributed by atoms with van der Waals surface area (Å²) >= 11 is 1.49. The third-order valence-electron chi connectivity index (χ3n) is 4.32. The molecule has 0 aliphatic carbocycles. The van der Waals surface area contributed by atoms with Gasteiger partial charge in [-0.1, -0.05) is 17.8 Å². The number of amides is 1. The van der Waals surface area contributed by atoms with Crippen LogP contribution in [0.15, 0.2) is 23.4 Å². The van der Waals surface area contributed by atoms with Crippen molar-refractivity contribution in [3.63, 3.8) is 0 Å². The first-order chi connectivity index (χ1) is 12.4. The number of benzene rings is 1. The van der Waals surface area contributed by atoms with E-state index in [2.05, 4.69) is 26.4 Å². The minimum absolute atomic E-state index is 0.00251. The highest BCUT2D eigenvalue weighted by atomic mass is 32.2. The second-order valence-electron chi connectivity index (χ2n) is 6.50. The lowest BCUT2D eigenvalue weighted by Crippen LogP contribution is -2.14. The molecule has 6 nitrogen and oxygen atoms in total. The summed E-state index contributed by atoms with van der Waals surface area (Å²) in [5, 5.41) is 8.14. The molecule has 0 fully saturated rings. The van der Waals surface area contributed by atoms with Crippen molar-refractivity contribution in [3.8, 4) is 0 Å². The highest BCUT2D eigenvalue weighted by molar-refractivity contribution is 7.98. The molecule has 2 heterocycles. The third kappa shape index (κ3) is 3.88. The molecule has 1 N–H and O–H groups in total. The molecule has 0 spiro atoms. The molecule has 3 aromatic rings. The molecule has 0 saturated heterocycles. The number of fused-ring (bicyclic) bond motifs is 1. The van der Waals surface area contributed by atoms with E-state index in [0.717, 1.165) is 33.8 Å². The van der Waals surface area contributed by atoms with E-state index in [4.69, 9.17) is 0 Å². The van der Waals surface area contributed by atoms with Crippen LogP contribution in [0.4, 0.5) is 5.69 Å². The zero-order valence-electron chi connectivity index (χ0n) is 15.8. The van der Waals surface area contributed by atoms with Gasteiger partial charge in [0.15, 0.2) is 0 Å². The Balaban J connectivity index is 1.75. The van der Waals surface area contributed by atoms with Crippen LogP contribution < -0.4 is 5.32 Å². The van der Waals surface area contributed by atoms with Crippen molar-refractivity contribution in [1.29, 1.82) is 0 Å². The number of aromatic nitrogens is 4. The fourth-order valence-corrected chi connectivity index (χ4v) is 3.48. The highest BCUT2D eigenvalue weighted by Gasteiger charge is 2.14. The maximum absolute atomic E-state index is 12.4. The molecule has 0 bridgehead atoms. The maximum atomic E-state index is 12.4. The van der Waals surface area contributed by atoms with E-state index in [-0.39, 0.29) is 5.91 Å². The number of nitrogens with one attached hydrogen (secondary N) is 1. The molecule has 0 radical (unpaired) electrons. The Morgan fingerprint density at radius 3 is 2.46 bits per heavy atom. The van der Waals surface area contributed by atoms with Gasteiger partial charge in [0, 0.05) is 23.5 Å². The molecule has 136 valence electrons. The zero-order chi connectivity index (χ0) is 18.8. The van der Waals surface area contributed by atoms with Gasteiger partial charge in [-0.3, -0.25) is 4.79 Å². The quantitative estimate of drug-likeness (QED) is 0.695. The largest absolute Gasteiger partial charge is 0.326 e. The fraction of sp³-hybridized carbons (Fsp3) is 0.368. The molecule has 3 rings (SSSR count). The summed E-state index contributed by atoms with van der Waals surface area (Å²) in [7, 11) is 0. The van der Waals surface area contributed by atoms with E-state index < -0.39 is 0 Å². The predicted molar refractivity (Wildman–Crippen MR) is 105 cm³/mol. The summed E-state index contributed by atoms with van der Waals surface area (Å²) in [5.74, 6) is 0.602. The van der Waals surface area contributed by atoms with Gasteiger partial charge in [-0.2, -0.15) is 4.98 Å². The van der Waals surface area contributed by atoms with Crippen LogP contribution in [0.25, 0.3) is 5.78 Å². The first-order valence-electron chi connectivity index (χ1n) is 8.52. The van der Waals surface area contributed by atoms with Crippen LogP contribution in [0.3, 0.4) is 0 Å². The van der Waals surface area contributed by atoms with E-state index in [1.54, 1.807) is 4.52 Å². The average molecular weight is 369 g/mol. The van der Waals surface area contributed by atoms with Gasteiger partial charge < -0.3 is 5.32 Å². The van der Waals surface area contributed by atoms with Gasteiger partial charge in [0.05, 0.1) is 0 Å². The number of rotatable bonds is 5. The second-order valence-corrected chi connectivity index (χ2v) is 7.27. The fourth-order valence-electron chi connectivity index (χ4n) is 3.15. The average Bonchev–Trinajstić information content (AvgIpc) is 2.96. The molecule has 2 aromatic heterocycles. The van der Waals surface area contributed by atoms with Gasteiger partial charge in [-0.05, 0) is 69.2 Å². The highest BCUT2D eigenvalue weighted by Crippen LogP contribution is 2.19. The first-order valence-corrected chi connectivity index (χ1v) is 9.75. The zero-order valence-corrected chi connectivity index (χ0v) is 16.6. The molecule has 0 aliphatic rings. The van der Waals surface area contributed by atoms with E-state index >= 15 is 0 Å². The molecule has 7 heteroatoms. The number of thioether (sulfide) groups is 1. The Morgan fingerprint density at radius 2 is 1.81 bits per heavy atom. The molecular weight excluding hydrogens is 346 g/mol. The summed E-state index contributed by atoms with van der Waals surface area (Å²) < 4.78 is 1.76. The predicted octanol–water partition coefficient (Wildman–Crippen LogP) is 3.65. The number of anilines is 1. The Bertz CT molecular complexity index is 959. The number of nitrogens with zero attached hydrogens (tertiary/aromatic N) is 4. The number of hydrogen-bond donors (Lipinski definition) is 1. The van der Waals surface area contributed by atoms with Gasteiger partial charge in [0.1, 0.15) is 0 Å². The minimum atomic E-state index is -0.00251. The lowest BCUT2D eigenvalue weighted by atomic mass is 10.1. The van der Waals surface area contributed by atoms with Crippen LogP contribution in [0.2, 0.25) is 0 Å². The summed E-state index contributed by atoms with van der Waals surface area (Å²) in [6.45, 7) is 8.00. The summed E-state index contributed by atoms with van der Waals surface area (Å²) in [4.78, 5) is 21.3. The van der Waals surface area contributed by atoms with Crippen molar-refractivity contribution in [3.05, 3.63) is 46.3 Å². The summed E-state index contributed by atoms with van der Waals surface area (Å²) in [6, 6.07) is 6.05. The monoisotopic (exact) mass is 369 g/mol. The van der Waals surface area contributed by atoms with Gasteiger partial charge in [0.25, 0.3) is 5.78 Å². The smallest absolute Gasteiger partial charge is 0.253 e. The third-order valence-corrected chi connectivity index (χ3v) is 4.86. The maximum Gasteiger partial charge on any atom is 0.253 e. The van der Waals surface area contributed by atoms with Crippen molar-refractivity contribution in [2.75, 3.05) is 11.6 Å². The minimum Gasteiger partial charge on any atom is -0.326 e. The van der Waals surface area contributed by atoms with Crippen molar-refractivity contribution < 1.29 is 4.79 Å². The van der Waals surface area contributed by atoms with Crippen molar-refractivity contribution in [1.82, 2.24) is 19.6 Å². The number of aryl methyl sites for hydroxylation is 4. The van der Waals surface area contributed by atoms with Crippen molar-refractivity contribution in [2.45, 2.75) is 45.7 Å². The summed E-state index contributed by atoms with van der Waals surface area (Å²) in [6.07, 6.45) is 2.95. The molecule has 0 unspecified atom stereocenters. The van der Waals surface area contributed by atoms with Crippen LogP contribution in [0.5, 0.6) is 0 Å². The van der Waals surface area contributed by atoms with E-state index in [1.165, 1.54) is 11.8 Å². The van der Waals surface area contributed by atoms with E-state index in [0.29, 0.717) is 23.8 Å². The molecule has 1 amide bonds.